The van der Waals surface area contributed by atoms with Crippen LogP contribution in [0.4, 0.5) is 0 Å². The van der Waals surface area contributed by atoms with E-state index in [1.165, 1.54) is 57.3 Å². The Bertz CT molecular complexity index is 383. The Labute approximate surface area is 124 Å². The van der Waals surface area contributed by atoms with Crippen molar-refractivity contribution in [3.8, 4) is 5.75 Å². The molecule has 112 valence electrons. The van der Waals surface area contributed by atoms with Crippen LogP contribution in [0.1, 0.15) is 57.4 Å². The Kier molecular flexibility index (Phi) is 6.38. The highest BCUT2D eigenvalue weighted by molar-refractivity contribution is 5.35. The number of rotatable bonds is 7. The van der Waals surface area contributed by atoms with Crippen LogP contribution in [-0.2, 0) is 0 Å². The molecule has 0 radical (unpaired) electrons. The van der Waals surface area contributed by atoms with Crippen LogP contribution in [0.15, 0.2) is 24.3 Å². The maximum Gasteiger partial charge on any atom is 0.122 e. The summed E-state index contributed by atoms with van der Waals surface area (Å²) in [7, 11) is 0. The molecule has 0 aliphatic carbocycles. The van der Waals surface area contributed by atoms with Gasteiger partial charge >= 0.3 is 0 Å². The highest BCUT2D eigenvalue weighted by Crippen LogP contribution is 2.25. The van der Waals surface area contributed by atoms with Crippen molar-refractivity contribution in [2.45, 2.75) is 51.9 Å². The topological polar surface area (TPSA) is 13.7 Å². The molecule has 2 heteroatoms. The Balaban J connectivity index is 1.65. The van der Waals surface area contributed by atoms with Crippen LogP contribution >= 0.6 is 0 Å². The molecule has 0 atom stereocenters. The van der Waals surface area contributed by atoms with Crippen LogP contribution < -0.4 is 9.64 Å². The average Bonchev–Trinajstić information content (AvgIpc) is 2.48. The van der Waals surface area contributed by atoms with Gasteiger partial charge in [-0.15, -0.1) is 0 Å². The molecule has 1 saturated heterocycles. The summed E-state index contributed by atoms with van der Waals surface area (Å²) in [6.07, 6.45) is 6.76. The lowest BCUT2D eigenvalue weighted by molar-refractivity contribution is -0.905. The molecular formula is C18H30NO+. The number of quaternary nitrogens is 1. The van der Waals surface area contributed by atoms with Crippen molar-refractivity contribution < 1.29 is 9.64 Å². The zero-order valence-electron chi connectivity index (χ0n) is 13.2. The highest BCUT2D eigenvalue weighted by atomic mass is 16.5. The number of hydrogen-bond acceptors (Lipinski definition) is 1. The fourth-order valence-corrected chi connectivity index (χ4v) is 3.05. The SMILES string of the molecule is CC(C)c1ccccc1OCCCC[NH+]1CCCCC1. The number of likely N-dealkylation sites (tertiary alicyclic amines) is 1. The molecule has 2 rings (SSSR count). The molecule has 1 aromatic rings. The van der Waals surface area contributed by atoms with E-state index in [-0.39, 0.29) is 0 Å². The summed E-state index contributed by atoms with van der Waals surface area (Å²) in [5, 5.41) is 0. The summed E-state index contributed by atoms with van der Waals surface area (Å²) in [5.41, 5.74) is 1.33. The molecule has 1 aliphatic rings. The van der Waals surface area contributed by atoms with Gasteiger partial charge in [-0.1, -0.05) is 32.0 Å². The Morgan fingerprint density at radius 1 is 1.05 bits per heavy atom. The van der Waals surface area contributed by atoms with E-state index in [0.29, 0.717) is 5.92 Å². The number of para-hydroxylation sites is 1. The van der Waals surface area contributed by atoms with E-state index >= 15 is 0 Å². The third-order valence-corrected chi connectivity index (χ3v) is 4.28. The van der Waals surface area contributed by atoms with Gasteiger partial charge in [-0.3, -0.25) is 0 Å². The molecule has 1 N–H and O–H groups in total. The van der Waals surface area contributed by atoms with Crippen molar-refractivity contribution in [3.63, 3.8) is 0 Å². The van der Waals surface area contributed by atoms with Gasteiger partial charge in [0.15, 0.2) is 0 Å². The first-order valence-corrected chi connectivity index (χ1v) is 8.32. The zero-order chi connectivity index (χ0) is 14.2. The fraction of sp³-hybridized carbons (Fsp3) is 0.667. The van der Waals surface area contributed by atoms with Gasteiger partial charge in [0, 0.05) is 0 Å². The van der Waals surface area contributed by atoms with Gasteiger partial charge in [0.1, 0.15) is 5.75 Å². The van der Waals surface area contributed by atoms with Gasteiger partial charge in [-0.2, -0.15) is 0 Å². The summed E-state index contributed by atoms with van der Waals surface area (Å²) in [5.74, 6) is 1.61. The van der Waals surface area contributed by atoms with E-state index in [0.717, 1.165) is 12.4 Å². The van der Waals surface area contributed by atoms with E-state index in [2.05, 4.69) is 38.1 Å². The van der Waals surface area contributed by atoms with Crippen molar-refractivity contribution in [1.82, 2.24) is 0 Å². The monoisotopic (exact) mass is 276 g/mol. The largest absolute Gasteiger partial charge is 0.493 e. The van der Waals surface area contributed by atoms with E-state index in [1.807, 2.05) is 0 Å². The number of ether oxygens (including phenoxy) is 1. The molecular weight excluding hydrogens is 246 g/mol. The predicted molar refractivity (Wildman–Crippen MR) is 84.7 cm³/mol. The zero-order valence-corrected chi connectivity index (χ0v) is 13.2. The second-order valence-electron chi connectivity index (χ2n) is 6.31. The van der Waals surface area contributed by atoms with E-state index in [4.69, 9.17) is 4.74 Å². The quantitative estimate of drug-likeness (QED) is 0.756. The first-order valence-electron chi connectivity index (χ1n) is 8.32. The fourth-order valence-electron chi connectivity index (χ4n) is 3.05. The standard InChI is InChI=1S/C18H29NO/c1-16(2)17-10-4-5-11-18(17)20-15-9-8-14-19-12-6-3-7-13-19/h4-5,10-11,16H,3,6-9,12-15H2,1-2H3/p+1. The lowest BCUT2D eigenvalue weighted by atomic mass is 10.0. The van der Waals surface area contributed by atoms with Crippen molar-refractivity contribution in [1.29, 1.82) is 0 Å². The van der Waals surface area contributed by atoms with Gasteiger partial charge in [-0.25, -0.2) is 0 Å². The molecule has 0 unspecified atom stereocenters. The maximum atomic E-state index is 5.98. The molecule has 0 aromatic heterocycles. The second kappa shape index (κ2) is 8.31. The molecule has 0 saturated carbocycles. The van der Waals surface area contributed by atoms with Crippen LogP contribution in [-0.4, -0.2) is 26.2 Å². The van der Waals surface area contributed by atoms with Crippen molar-refractivity contribution >= 4 is 0 Å². The van der Waals surface area contributed by atoms with Gasteiger partial charge in [0.25, 0.3) is 0 Å². The van der Waals surface area contributed by atoms with Crippen LogP contribution in [0.3, 0.4) is 0 Å². The van der Waals surface area contributed by atoms with Crippen LogP contribution in [0.2, 0.25) is 0 Å². The summed E-state index contributed by atoms with van der Waals surface area (Å²) < 4.78 is 5.98. The second-order valence-corrected chi connectivity index (χ2v) is 6.31. The normalized spacial score (nSPS) is 16.6. The van der Waals surface area contributed by atoms with Crippen molar-refractivity contribution in [2.75, 3.05) is 26.2 Å². The highest BCUT2D eigenvalue weighted by Gasteiger charge is 2.12. The molecule has 2 nitrogen and oxygen atoms in total. The van der Waals surface area contributed by atoms with E-state index in [9.17, 15) is 0 Å². The number of piperidine rings is 1. The minimum Gasteiger partial charge on any atom is -0.493 e. The summed E-state index contributed by atoms with van der Waals surface area (Å²) >= 11 is 0. The lowest BCUT2D eigenvalue weighted by Gasteiger charge is -2.23. The number of nitrogens with one attached hydrogen (secondary N) is 1. The van der Waals surface area contributed by atoms with Gasteiger partial charge in [-0.05, 0) is 49.7 Å². The van der Waals surface area contributed by atoms with Gasteiger partial charge in [0.05, 0.1) is 26.2 Å². The Morgan fingerprint density at radius 2 is 1.80 bits per heavy atom. The van der Waals surface area contributed by atoms with E-state index in [1.54, 1.807) is 4.90 Å². The molecule has 0 amide bonds. The third kappa shape index (κ3) is 4.82. The van der Waals surface area contributed by atoms with Crippen LogP contribution in [0.5, 0.6) is 5.75 Å². The Morgan fingerprint density at radius 3 is 2.55 bits per heavy atom. The van der Waals surface area contributed by atoms with Crippen LogP contribution in [0, 0.1) is 0 Å². The lowest BCUT2D eigenvalue weighted by Crippen LogP contribution is -3.12. The van der Waals surface area contributed by atoms with Crippen LogP contribution in [0.25, 0.3) is 0 Å². The summed E-state index contributed by atoms with van der Waals surface area (Å²) in [6.45, 7) is 9.41. The molecule has 0 bridgehead atoms. The van der Waals surface area contributed by atoms with E-state index < -0.39 is 0 Å². The minimum atomic E-state index is 0.531. The van der Waals surface area contributed by atoms with Gasteiger partial charge in [0.2, 0.25) is 0 Å². The molecule has 0 spiro atoms. The predicted octanol–water partition coefficient (Wildman–Crippen LogP) is 3.04. The average molecular weight is 276 g/mol. The minimum absolute atomic E-state index is 0.531. The number of hydrogen-bond donors (Lipinski definition) is 1. The van der Waals surface area contributed by atoms with Crippen molar-refractivity contribution in [3.05, 3.63) is 29.8 Å². The van der Waals surface area contributed by atoms with Crippen molar-refractivity contribution in [2.24, 2.45) is 0 Å². The molecule has 20 heavy (non-hydrogen) atoms. The number of unbranched alkanes of at least 4 members (excludes halogenated alkanes) is 1. The third-order valence-electron chi connectivity index (χ3n) is 4.28. The molecule has 1 aliphatic heterocycles. The smallest absolute Gasteiger partial charge is 0.122 e. The molecule has 1 fully saturated rings. The van der Waals surface area contributed by atoms with Gasteiger partial charge < -0.3 is 9.64 Å². The number of benzene rings is 1. The summed E-state index contributed by atoms with van der Waals surface area (Å²) in [6, 6.07) is 8.45. The molecule has 1 aromatic carbocycles. The Hall–Kier alpha value is -1.02. The maximum absolute atomic E-state index is 5.98. The first kappa shape index (κ1) is 15.4. The molecule has 1 heterocycles. The first-order chi connectivity index (χ1) is 9.77. The summed E-state index contributed by atoms with van der Waals surface area (Å²) in [4.78, 5) is 1.80.